The Hall–Kier alpha value is -0.790. The van der Waals surface area contributed by atoms with Gasteiger partial charge in [0.2, 0.25) is 0 Å². The zero-order chi connectivity index (χ0) is 21.9. The molecule has 1 unspecified atom stereocenters. The second kappa shape index (κ2) is 18.9. The predicted octanol–water partition coefficient (Wildman–Crippen LogP) is 9.75. The molecule has 0 aliphatic heterocycles. The van der Waals surface area contributed by atoms with Crippen LogP contribution in [0.3, 0.4) is 0 Å². The molecule has 30 heavy (non-hydrogen) atoms. The number of hydrogen-bond acceptors (Lipinski definition) is 1. The van der Waals surface area contributed by atoms with Crippen LogP contribution in [0.5, 0.6) is 0 Å². The summed E-state index contributed by atoms with van der Waals surface area (Å²) < 4.78 is 2.47. The van der Waals surface area contributed by atoms with Crippen molar-refractivity contribution in [2.24, 2.45) is 0 Å². The van der Waals surface area contributed by atoms with Gasteiger partial charge in [-0.3, -0.25) is 0 Å². The Morgan fingerprint density at radius 2 is 1.10 bits per heavy atom. The van der Waals surface area contributed by atoms with Gasteiger partial charge in [0.15, 0.2) is 0 Å². The van der Waals surface area contributed by atoms with Gasteiger partial charge in [-0.2, -0.15) is 0 Å². The fourth-order valence-electron chi connectivity index (χ4n) is 4.62. The van der Waals surface area contributed by atoms with Crippen molar-refractivity contribution in [3.8, 4) is 0 Å². The number of unbranched alkanes of at least 4 members (excludes halogenated alkanes) is 16. The van der Waals surface area contributed by atoms with Crippen LogP contribution >= 0.6 is 0 Å². The summed E-state index contributed by atoms with van der Waals surface area (Å²) in [6, 6.07) is 0. The Morgan fingerprint density at radius 1 is 0.667 bits per heavy atom. The molecule has 0 aliphatic carbocycles. The van der Waals surface area contributed by atoms with Gasteiger partial charge < -0.3 is 4.57 Å². The lowest BCUT2D eigenvalue weighted by molar-refractivity contribution is 0.497. The molecule has 0 aromatic carbocycles. The summed E-state index contributed by atoms with van der Waals surface area (Å²) in [6.45, 7) is 10.3. The topological polar surface area (TPSA) is 17.8 Å². The van der Waals surface area contributed by atoms with E-state index in [1.807, 2.05) is 0 Å². The second-order valence-corrected chi connectivity index (χ2v) is 9.78. The summed E-state index contributed by atoms with van der Waals surface area (Å²) in [6.07, 6.45) is 28.9. The maximum absolute atomic E-state index is 4.89. The molecule has 0 bridgehead atoms. The summed E-state index contributed by atoms with van der Waals surface area (Å²) in [7, 11) is 0. The highest BCUT2D eigenvalue weighted by molar-refractivity contribution is 5.06. The predicted molar refractivity (Wildman–Crippen MR) is 134 cm³/mol. The van der Waals surface area contributed by atoms with E-state index in [2.05, 4.69) is 38.5 Å². The van der Waals surface area contributed by atoms with Crippen LogP contribution < -0.4 is 0 Å². The highest BCUT2D eigenvalue weighted by Gasteiger charge is 2.13. The zero-order valence-corrected chi connectivity index (χ0v) is 21.2. The minimum atomic E-state index is 0.599. The van der Waals surface area contributed by atoms with Crippen molar-refractivity contribution < 1.29 is 0 Å². The van der Waals surface area contributed by atoms with E-state index in [0.29, 0.717) is 5.92 Å². The highest BCUT2D eigenvalue weighted by Crippen LogP contribution is 2.23. The molecule has 0 N–H and O–H groups in total. The molecular weight excluding hydrogens is 364 g/mol. The smallest absolute Gasteiger partial charge is 0.111 e. The number of aryl methyl sites for hydroxylation is 2. The molecule has 1 atom stereocenters. The van der Waals surface area contributed by atoms with Crippen LogP contribution in [0.2, 0.25) is 0 Å². The zero-order valence-electron chi connectivity index (χ0n) is 21.2. The molecule has 0 spiro atoms. The molecule has 1 aromatic rings. The van der Waals surface area contributed by atoms with Gasteiger partial charge in [0, 0.05) is 18.7 Å². The van der Waals surface area contributed by atoms with Crippen LogP contribution in [0, 0.1) is 6.92 Å². The lowest BCUT2D eigenvalue weighted by Crippen LogP contribution is -2.07. The SMILES string of the molecule is CCCCCCCCCCCCC(C)c1nc(C)cn1CCCCCCCCCC. The van der Waals surface area contributed by atoms with E-state index in [-0.39, 0.29) is 0 Å². The van der Waals surface area contributed by atoms with E-state index in [9.17, 15) is 0 Å². The minimum Gasteiger partial charge on any atom is -0.334 e. The molecule has 1 rings (SSSR count). The molecule has 0 radical (unpaired) electrons. The van der Waals surface area contributed by atoms with Gasteiger partial charge in [-0.05, 0) is 19.8 Å². The number of aromatic nitrogens is 2. The second-order valence-electron chi connectivity index (χ2n) is 9.78. The van der Waals surface area contributed by atoms with E-state index < -0.39 is 0 Å². The van der Waals surface area contributed by atoms with Gasteiger partial charge in [0.1, 0.15) is 5.82 Å². The third-order valence-corrected chi connectivity index (χ3v) is 6.61. The Bertz CT molecular complexity index is 491. The first kappa shape index (κ1) is 27.2. The van der Waals surface area contributed by atoms with Gasteiger partial charge in [0.05, 0.1) is 5.69 Å². The van der Waals surface area contributed by atoms with Crippen LogP contribution in [-0.4, -0.2) is 9.55 Å². The van der Waals surface area contributed by atoms with E-state index in [4.69, 9.17) is 4.98 Å². The van der Waals surface area contributed by atoms with Crippen molar-refractivity contribution in [3.05, 3.63) is 17.7 Å². The van der Waals surface area contributed by atoms with E-state index in [1.165, 1.54) is 134 Å². The molecule has 0 saturated carbocycles. The van der Waals surface area contributed by atoms with Crippen LogP contribution in [0.1, 0.15) is 160 Å². The van der Waals surface area contributed by atoms with Crippen LogP contribution in [0.25, 0.3) is 0 Å². The Labute approximate surface area is 189 Å². The van der Waals surface area contributed by atoms with Gasteiger partial charge >= 0.3 is 0 Å². The molecule has 0 aliphatic rings. The minimum absolute atomic E-state index is 0.599. The van der Waals surface area contributed by atoms with Gasteiger partial charge in [-0.1, -0.05) is 130 Å². The Kier molecular flexibility index (Phi) is 17.2. The molecular formula is C28H54N2. The molecule has 0 fully saturated rings. The third-order valence-electron chi connectivity index (χ3n) is 6.61. The first-order chi connectivity index (χ1) is 14.7. The first-order valence-electron chi connectivity index (χ1n) is 13.7. The average molecular weight is 419 g/mol. The number of hydrogen-bond donors (Lipinski definition) is 0. The van der Waals surface area contributed by atoms with Crippen molar-refractivity contribution in [1.82, 2.24) is 9.55 Å². The monoisotopic (exact) mass is 418 g/mol. The fraction of sp³-hybridized carbons (Fsp3) is 0.893. The number of imidazole rings is 1. The summed E-state index contributed by atoms with van der Waals surface area (Å²) >= 11 is 0. The fourth-order valence-corrected chi connectivity index (χ4v) is 4.62. The van der Waals surface area contributed by atoms with E-state index in [0.717, 1.165) is 6.54 Å². The van der Waals surface area contributed by atoms with Gasteiger partial charge in [-0.25, -0.2) is 4.98 Å². The highest BCUT2D eigenvalue weighted by atomic mass is 15.1. The summed E-state index contributed by atoms with van der Waals surface area (Å²) in [5.74, 6) is 1.94. The van der Waals surface area contributed by atoms with Crippen molar-refractivity contribution in [3.63, 3.8) is 0 Å². The molecule has 0 saturated heterocycles. The summed E-state index contributed by atoms with van der Waals surface area (Å²) in [4.78, 5) is 4.89. The number of nitrogens with zero attached hydrogens (tertiary/aromatic N) is 2. The molecule has 176 valence electrons. The Morgan fingerprint density at radius 3 is 1.60 bits per heavy atom. The molecule has 1 heterocycles. The van der Waals surface area contributed by atoms with Crippen LogP contribution in [0.4, 0.5) is 0 Å². The maximum Gasteiger partial charge on any atom is 0.111 e. The molecule has 2 heteroatoms. The average Bonchev–Trinajstić information content (AvgIpc) is 3.11. The lowest BCUT2D eigenvalue weighted by Gasteiger charge is -2.14. The first-order valence-corrected chi connectivity index (χ1v) is 13.7. The number of rotatable bonds is 21. The molecule has 1 aromatic heterocycles. The summed E-state index contributed by atoms with van der Waals surface area (Å²) in [5, 5.41) is 0. The quantitative estimate of drug-likeness (QED) is 0.182. The normalized spacial score (nSPS) is 12.5. The van der Waals surface area contributed by atoms with Gasteiger partial charge in [-0.15, -0.1) is 0 Å². The molecule has 0 amide bonds. The maximum atomic E-state index is 4.89. The van der Waals surface area contributed by atoms with Crippen molar-refractivity contribution in [1.29, 1.82) is 0 Å². The Balaban J connectivity index is 2.13. The standard InChI is InChI=1S/C28H54N2/c1-5-7-9-11-13-15-16-17-19-21-23-26(3)28-29-27(4)25-30(28)24-22-20-18-14-12-10-8-6-2/h25-26H,5-24H2,1-4H3. The summed E-state index contributed by atoms with van der Waals surface area (Å²) in [5.41, 5.74) is 1.19. The lowest BCUT2D eigenvalue weighted by atomic mass is 10.0. The van der Waals surface area contributed by atoms with Crippen molar-refractivity contribution in [2.75, 3.05) is 0 Å². The van der Waals surface area contributed by atoms with Crippen LogP contribution in [-0.2, 0) is 6.54 Å². The van der Waals surface area contributed by atoms with Crippen molar-refractivity contribution >= 4 is 0 Å². The molecule has 2 nitrogen and oxygen atoms in total. The third kappa shape index (κ3) is 13.5. The largest absolute Gasteiger partial charge is 0.334 e. The van der Waals surface area contributed by atoms with Crippen LogP contribution in [0.15, 0.2) is 6.20 Å². The van der Waals surface area contributed by atoms with Crippen molar-refractivity contribution in [2.45, 2.75) is 162 Å². The van der Waals surface area contributed by atoms with Gasteiger partial charge in [0.25, 0.3) is 0 Å². The van der Waals surface area contributed by atoms with E-state index in [1.54, 1.807) is 0 Å². The van der Waals surface area contributed by atoms with E-state index >= 15 is 0 Å².